The number of hydrogen-bond donors (Lipinski definition) is 2. The predicted molar refractivity (Wildman–Crippen MR) is 95.2 cm³/mol. The van der Waals surface area contributed by atoms with Gasteiger partial charge in [-0.05, 0) is 61.6 Å². The molecule has 6 heteroatoms. The summed E-state index contributed by atoms with van der Waals surface area (Å²) in [5.41, 5.74) is 1.74. The van der Waals surface area contributed by atoms with Crippen LogP contribution < -0.4 is 10.2 Å². The summed E-state index contributed by atoms with van der Waals surface area (Å²) < 4.78 is 13.1. The van der Waals surface area contributed by atoms with Gasteiger partial charge < -0.3 is 15.3 Å². The summed E-state index contributed by atoms with van der Waals surface area (Å²) in [7, 11) is 0. The number of nitrogens with one attached hydrogen (secondary N) is 1. The molecular weight excluding hydrogens is 321 g/mol. The first-order valence-electron chi connectivity index (χ1n) is 8.56. The molecule has 5 nitrogen and oxygen atoms in total. The first kappa shape index (κ1) is 17.2. The van der Waals surface area contributed by atoms with Crippen molar-refractivity contribution in [2.24, 2.45) is 5.92 Å². The van der Waals surface area contributed by atoms with Crippen LogP contribution in [0.15, 0.2) is 42.5 Å². The van der Waals surface area contributed by atoms with E-state index in [9.17, 15) is 9.18 Å². The van der Waals surface area contributed by atoms with Gasteiger partial charge in [0.15, 0.2) is 0 Å². The molecule has 2 aromatic rings. The molecule has 1 fully saturated rings. The van der Waals surface area contributed by atoms with Crippen LogP contribution in [0.25, 0.3) is 11.3 Å². The molecule has 1 aliphatic heterocycles. The van der Waals surface area contributed by atoms with Crippen LogP contribution in [0.5, 0.6) is 0 Å². The quantitative estimate of drug-likeness (QED) is 0.867. The number of pyridine rings is 1. The van der Waals surface area contributed by atoms with E-state index in [0.717, 1.165) is 49.4 Å². The van der Waals surface area contributed by atoms with E-state index < -0.39 is 6.09 Å². The van der Waals surface area contributed by atoms with Gasteiger partial charge in [-0.1, -0.05) is 6.07 Å². The van der Waals surface area contributed by atoms with Gasteiger partial charge in [-0.3, -0.25) is 0 Å². The second-order valence-electron chi connectivity index (χ2n) is 6.34. The molecule has 2 heterocycles. The lowest BCUT2D eigenvalue weighted by Crippen LogP contribution is -2.35. The molecule has 0 radical (unpaired) electrons. The number of halogens is 1. The Bertz CT molecular complexity index is 713. The van der Waals surface area contributed by atoms with Gasteiger partial charge in [-0.25, -0.2) is 14.2 Å². The highest BCUT2D eigenvalue weighted by Gasteiger charge is 2.20. The van der Waals surface area contributed by atoms with Crippen LogP contribution >= 0.6 is 0 Å². The molecule has 0 spiro atoms. The number of nitrogens with zero attached hydrogens (tertiary/aromatic N) is 2. The molecule has 0 saturated carbocycles. The van der Waals surface area contributed by atoms with Gasteiger partial charge in [0.2, 0.25) is 0 Å². The molecule has 3 rings (SSSR count). The SMILES string of the molecule is O=C(O)NCCC1CCN(c2cccc(-c3ccc(F)cc3)n2)CC1. The Kier molecular flexibility index (Phi) is 5.48. The van der Waals surface area contributed by atoms with Gasteiger partial charge in [0.25, 0.3) is 0 Å². The Morgan fingerprint density at radius 3 is 2.60 bits per heavy atom. The van der Waals surface area contributed by atoms with Gasteiger partial charge in [0.1, 0.15) is 11.6 Å². The standard InChI is InChI=1S/C19H22FN3O2/c20-16-6-4-15(5-7-16)17-2-1-3-18(22-17)23-12-9-14(10-13-23)8-11-21-19(24)25/h1-7,14,21H,8-13H2,(H,24,25). The molecule has 1 aliphatic rings. The second kappa shape index (κ2) is 7.96. The van der Waals surface area contributed by atoms with Crippen LogP contribution in [-0.4, -0.2) is 35.8 Å². The van der Waals surface area contributed by atoms with E-state index in [1.807, 2.05) is 18.2 Å². The van der Waals surface area contributed by atoms with Crippen LogP contribution in [0.1, 0.15) is 19.3 Å². The van der Waals surface area contributed by atoms with E-state index in [2.05, 4.69) is 10.2 Å². The lowest BCUT2D eigenvalue weighted by molar-refractivity contribution is 0.193. The maximum atomic E-state index is 13.1. The highest BCUT2D eigenvalue weighted by molar-refractivity contribution is 5.64. The molecule has 1 amide bonds. The van der Waals surface area contributed by atoms with Crippen molar-refractivity contribution in [2.45, 2.75) is 19.3 Å². The summed E-state index contributed by atoms with van der Waals surface area (Å²) in [4.78, 5) is 17.5. The van der Waals surface area contributed by atoms with Gasteiger partial charge in [-0.15, -0.1) is 0 Å². The number of carboxylic acid groups (broad SMARTS) is 1. The van der Waals surface area contributed by atoms with Crippen molar-refractivity contribution in [3.63, 3.8) is 0 Å². The number of piperidine rings is 1. The van der Waals surface area contributed by atoms with E-state index >= 15 is 0 Å². The molecule has 0 aliphatic carbocycles. The summed E-state index contributed by atoms with van der Waals surface area (Å²) in [5, 5.41) is 11.0. The van der Waals surface area contributed by atoms with Crippen LogP contribution in [0.3, 0.4) is 0 Å². The Labute approximate surface area is 146 Å². The minimum atomic E-state index is -0.959. The molecule has 2 N–H and O–H groups in total. The Morgan fingerprint density at radius 1 is 1.20 bits per heavy atom. The van der Waals surface area contributed by atoms with E-state index in [0.29, 0.717) is 12.5 Å². The van der Waals surface area contributed by atoms with E-state index in [1.54, 1.807) is 12.1 Å². The van der Waals surface area contributed by atoms with Gasteiger partial charge in [-0.2, -0.15) is 0 Å². The molecule has 1 aromatic heterocycles. The normalized spacial score (nSPS) is 15.2. The fourth-order valence-corrected chi connectivity index (χ4v) is 3.21. The largest absolute Gasteiger partial charge is 0.465 e. The van der Waals surface area contributed by atoms with Crippen LogP contribution in [0.2, 0.25) is 0 Å². The first-order valence-corrected chi connectivity index (χ1v) is 8.56. The van der Waals surface area contributed by atoms with Crippen molar-refractivity contribution in [2.75, 3.05) is 24.5 Å². The smallest absolute Gasteiger partial charge is 0.404 e. The summed E-state index contributed by atoms with van der Waals surface area (Å²) in [6.07, 6.45) is 1.98. The number of aromatic nitrogens is 1. The zero-order chi connectivity index (χ0) is 17.6. The molecule has 0 bridgehead atoms. The lowest BCUT2D eigenvalue weighted by atomic mass is 9.93. The molecule has 1 aromatic carbocycles. The zero-order valence-corrected chi connectivity index (χ0v) is 14.0. The third kappa shape index (κ3) is 4.68. The van der Waals surface area contributed by atoms with Gasteiger partial charge in [0, 0.05) is 25.2 Å². The maximum absolute atomic E-state index is 13.1. The summed E-state index contributed by atoms with van der Waals surface area (Å²) in [6, 6.07) is 12.3. The van der Waals surface area contributed by atoms with Gasteiger partial charge >= 0.3 is 6.09 Å². The molecule has 25 heavy (non-hydrogen) atoms. The first-order chi connectivity index (χ1) is 12.1. The molecule has 0 atom stereocenters. The number of rotatable bonds is 5. The van der Waals surface area contributed by atoms with Crippen molar-refractivity contribution >= 4 is 11.9 Å². The predicted octanol–water partition coefficient (Wildman–Crippen LogP) is 3.76. The average Bonchev–Trinajstić information content (AvgIpc) is 2.63. The third-order valence-corrected chi connectivity index (χ3v) is 4.64. The molecule has 0 unspecified atom stereocenters. The van der Waals surface area contributed by atoms with Gasteiger partial charge in [0.05, 0.1) is 5.69 Å². The highest BCUT2D eigenvalue weighted by Crippen LogP contribution is 2.26. The third-order valence-electron chi connectivity index (χ3n) is 4.64. The fourth-order valence-electron chi connectivity index (χ4n) is 3.21. The monoisotopic (exact) mass is 343 g/mol. The average molecular weight is 343 g/mol. The van der Waals surface area contributed by atoms with Crippen molar-refractivity contribution < 1.29 is 14.3 Å². The topological polar surface area (TPSA) is 65.5 Å². The van der Waals surface area contributed by atoms with E-state index in [-0.39, 0.29) is 5.82 Å². The maximum Gasteiger partial charge on any atom is 0.404 e. The minimum Gasteiger partial charge on any atom is -0.465 e. The Morgan fingerprint density at radius 2 is 1.92 bits per heavy atom. The minimum absolute atomic E-state index is 0.251. The van der Waals surface area contributed by atoms with Crippen molar-refractivity contribution in [3.8, 4) is 11.3 Å². The van der Waals surface area contributed by atoms with Crippen LogP contribution in [0, 0.1) is 11.7 Å². The number of benzene rings is 1. The van der Waals surface area contributed by atoms with Crippen molar-refractivity contribution in [1.82, 2.24) is 10.3 Å². The molecule has 132 valence electrons. The number of amides is 1. The zero-order valence-electron chi connectivity index (χ0n) is 14.0. The number of anilines is 1. The number of hydrogen-bond acceptors (Lipinski definition) is 3. The van der Waals surface area contributed by atoms with E-state index in [1.165, 1.54) is 12.1 Å². The van der Waals surface area contributed by atoms with Crippen molar-refractivity contribution in [3.05, 3.63) is 48.3 Å². The number of carbonyl (C=O) groups is 1. The summed E-state index contributed by atoms with van der Waals surface area (Å²) >= 11 is 0. The van der Waals surface area contributed by atoms with Crippen LogP contribution in [0.4, 0.5) is 15.0 Å². The van der Waals surface area contributed by atoms with Crippen LogP contribution in [-0.2, 0) is 0 Å². The Balaban J connectivity index is 1.59. The second-order valence-corrected chi connectivity index (χ2v) is 6.34. The lowest BCUT2D eigenvalue weighted by Gasteiger charge is -2.33. The highest BCUT2D eigenvalue weighted by atomic mass is 19.1. The van der Waals surface area contributed by atoms with Crippen molar-refractivity contribution in [1.29, 1.82) is 0 Å². The summed E-state index contributed by atoms with van der Waals surface area (Å²) in [6.45, 7) is 2.34. The molecular formula is C19H22FN3O2. The summed E-state index contributed by atoms with van der Waals surface area (Å²) in [5.74, 6) is 1.23. The Hall–Kier alpha value is -2.63. The molecule has 1 saturated heterocycles. The van der Waals surface area contributed by atoms with E-state index in [4.69, 9.17) is 10.1 Å². The fraction of sp³-hybridized carbons (Fsp3) is 0.368.